The molecule has 110 valence electrons. The average molecular weight is 287 g/mol. The van der Waals surface area contributed by atoms with E-state index in [4.69, 9.17) is 4.74 Å². The van der Waals surface area contributed by atoms with Gasteiger partial charge in [-0.3, -0.25) is 4.79 Å². The van der Waals surface area contributed by atoms with Gasteiger partial charge in [0.05, 0.1) is 0 Å². The van der Waals surface area contributed by atoms with Crippen LogP contribution in [0.25, 0.3) is 0 Å². The number of anilines is 1. The molecule has 0 bridgehead atoms. The smallest absolute Gasteiger partial charge is 0.262 e. The summed E-state index contributed by atoms with van der Waals surface area (Å²) in [5.41, 5.74) is 2.92. The number of carbonyl (C=O) groups excluding carboxylic acids is 1. The Labute approximate surface area is 123 Å². The van der Waals surface area contributed by atoms with Crippen molar-refractivity contribution in [3.63, 3.8) is 0 Å². The van der Waals surface area contributed by atoms with E-state index in [1.165, 1.54) is 6.07 Å². The molecule has 0 fully saturated rings. The van der Waals surface area contributed by atoms with Gasteiger partial charge in [-0.15, -0.1) is 0 Å². The highest BCUT2D eigenvalue weighted by molar-refractivity contribution is 5.91. The summed E-state index contributed by atoms with van der Waals surface area (Å²) in [5.74, 6) is 0.0482. The largest absolute Gasteiger partial charge is 0.483 e. The van der Waals surface area contributed by atoms with Gasteiger partial charge in [0.25, 0.3) is 5.91 Å². The fourth-order valence-electron chi connectivity index (χ4n) is 2.03. The van der Waals surface area contributed by atoms with Crippen LogP contribution < -0.4 is 10.1 Å². The van der Waals surface area contributed by atoms with E-state index in [1.54, 1.807) is 19.1 Å². The third-order valence-corrected chi connectivity index (χ3v) is 3.21. The first kappa shape index (κ1) is 15.0. The maximum atomic E-state index is 13.4. The highest BCUT2D eigenvalue weighted by Gasteiger charge is 2.08. The number of para-hydroxylation sites is 1. The molecule has 21 heavy (non-hydrogen) atoms. The van der Waals surface area contributed by atoms with Gasteiger partial charge in [0.1, 0.15) is 11.6 Å². The first-order valence-electron chi connectivity index (χ1n) is 6.72. The van der Waals surface area contributed by atoms with Gasteiger partial charge >= 0.3 is 0 Å². The number of amides is 1. The molecule has 1 amide bonds. The van der Waals surface area contributed by atoms with Crippen molar-refractivity contribution in [2.24, 2.45) is 0 Å². The van der Waals surface area contributed by atoms with E-state index in [1.807, 2.05) is 32.0 Å². The van der Waals surface area contributed by atoms with Crippen LogP contribution in [0.15, 0.2) is 36.4 Å². The van der Waals surface area contributed by atoms with Crippen LogP contribution in [-0.2, 0) is 4.79 Å². The van der Waals surface area contributed by atoms with Gasteiger partial charge < -0.3 is 10.1 Å². The summed E-state index contributed by atoms with van der Waals surface area (Å²) in [6, 6.07) is 10.4. The second-order valence-corrected chi connectivity index (χ2v) is 5.02. The summed E-state index contributed by atoms with van der Waals surface area (Å²) in [5, 5.41) is 2.62. The van der Waals surface area contributed by atoms with E-state index in [0.29, 0.717) is 17.0 Å². The van der Waals surface area contributed by atoms with E-state index >= 15 is 0 Å². The molecule has 4 heteroatoms. The summed E-state index contributed by atoms with van der Waals surface area (Å²) < 4.78 is 19.0. The zero-order valence-electron chi connectivity index (χ0n) is 12.4. The normalized spacial score (nSPS) is 10.3. The fourth-order valence-corrected chi connectivity index (χ4v) is 2.03. The monoisotopic (exact) mass is 287 g/mol. The van der Waals surface area contributed by atoms with Crippen LogP contribution in [0.1, 0.15) is 16.7 Å². The van der Waals surface area contributed by atoms with Crippen LogP contribution in [0.2, 0.25) is 0 Å². The minimum absolute atomic E-state index is 0.110. The molecule has 0 saturated heterocycles. The summed E-state index contributed by atoms with van der Waals surface area (Å²) in [6.45, 7) is 5.41. The Morgan fingerprint density at radius 3 is 2.38 bits per heavy atom. The molecule has 0 spiro atoms. The molecule has 0 aliphatic carbocycles. The minimum atomic E-state index is -0.344. The van der Waals surface area contributed by atoms with Crippen molar-refractivity contribution in [2.45, 2.75) is 20.8 Å². The quantitative estimate of drug-likeness (QED) is 0.929. The molecule has 2 aromatic rings. The van der Waals surface area contributed by atoms with Crippen LogP contribution in [0, 0.1) is 26.6 Å². The predicted octanol–water partition coefficient (Wildman–Crippen LogP) is 3.77. The van der Waals surface area contributed by atoms with Crippen LogP contribution in [-0.4, -0.2) is 12.5 Å². The number of hydrogen-bond acceptors (Lipinski definition) is 2. The molecule has 3 nitrogen and oxygen atoms in total. The van der Waals surface area contributed by atoms with Gasteiger partial charge in [0.15, 0.2) is 6.61 Å². The standard InChI is InChI=1S/C17H18FNO2/c1-11-7-8-14(9-15(11)18)19-16(20)10-21-17-12(2)5-4-6-13(17)3/h4-9H,10H2,1-3H3,(H,19,20). The third-order valence-electron chi connectivity index (χ3n) is 3.21. The van der Waals surface area contributed by atoms with Gasteiger partial charge in [-0.25, -0.2) is 4.39 Å². The lowest BCUT2D eigenvalue weighted by atomic mass is 10.1. The average Bonchev–Trinajstić information content (AvgIpc) is 2.42. The molecule has 2 aromatic carbocycles. The first-order valence-corrected chi connectivity index (χ1v) is 6.72. The van der Waals surface area contributed by atoms with Crippen LogP contribution in [0.5, 0.6) is 5.75 Å². The highest BCUT2D eigenvalue weighted by atomic mass is 19.1. The van der Waals surface area contributed by atoms with Gasteiger partial charge in [0, 0.05) is 5.69 Å². The predicted molar refractivity (Wildman–Crippen MR) is 81.2 cm³/mol. The lowest BCUT2D eigenvalue weighted by Gasteiger charge is -2.12. The molecule has 0 aliphatic rings. The molecule has 0 heterocycles. The molecule has 0 saturated carbocycles. The van der Waals surface area contributed by atoms with Gasteiger partial charge in [-0.2, -0.15) is 0 Å². The Kier molecular flexibility index (Phi) is 4.58. The molecule has 0 unspecified atom stereocenters. The van der Waals surface area contributed by atoms with E-state index in [0.717, 1.165) is 11.1 Å². The van der Waals surface area contributed by atoms with Crippen molar-refractivity contribution in [3.8, 4) is 5.75 Å². The van der Waals surface area contributed by atoms with Crippen molar-refractivity contribution in [1.29, 1.82) is 0 Å². The van der Waals surface area contributed by atoms with Gasteiger partial charge in [0.2, 0.25) is 0 Å². The zero-order valence-corrected chi connectivity index (χ0v) is 12.4. The number of aryl methyl sites for hydroxylation is 3. The summed E-state index contributed by atoms with van der Waals surface area (Å²) >= 11 is 0. The van der Waals surface area contributed by atoms with Crippen molar-refractivity contribution in [2.75, 3.05) is 11.9 Å². The maximum Gasteiger partial charge on any atom is 0.262 e. The Morgan fingerprint density at radius 1 is 1.10 bits per heavy atom. The van der Waals surface area contributed by atoms with E-state index in [2.05, 4.69) is 5.32 Å². The summed E-state index contributed by atoms with van der Waals surface area (Å²) in [4.78, 5) is 11.8. The van der Waals surface area contributed by atoms with Crippen LogP contribution in [0.4, 0.5) is 10.1 Å². The van der Waals surface area contributed by atoms with E-state index in [9.17, 15) is 9.18 Å². The number of nitrogens with one attached hydrogen (secondary N) is 1. The number of hydrogen-bond donors (Lipinski definition) is 1. The summed E-state index contributed by atoms with van der Waals surface area (Å²) in [6.07, 6.45) is 0. The number of ether oxygens (including phenoxy) is 1. The molecule has 0 atom stereocenters. The number of benzene rings is 2. The van der Waals surface area contributed by atoms with Gasteiger partial charge in [-0.05, 0) is 49.6 Å². The summed E-state index contributed by atoms with van der Waals surface area (Å²) in [7, 11) is 0. The second kappa shape index (κ2) is 6.39. The Bertz CT molecular complexity index is 648. The molecule has 0 aromatic heterocycles. The highest BCUT2D eigenvalue weighted by Crippen LogP contribution is 2.22. The molecule has 0 radical (unpaired) electrons. The third kappa shape index (κ3) is 3.81. The Balaban J connectivity index is 1.97. The van der Waals surface area contributed by atoms with Crippen LogP contribution >= 0.6 is 0 Å². The molecular formula is C17H18FNO2. The van der Waals surface area contributed by atoms with E-state index in [-0.39, 0.29) is 18.3 Å². The van der Waals surface area contributed by atoms with Crippen molar-refractivity contribution in [3.05, 3.63) is 58.9 Å². The lowest BCUT2D eigenvalue weighted by Crippen LogP contribution is -2.20. The first-order chi connectivity index (χ1) is 9.97. The molecule has 2 rings (SSSR count). The number of carbonyl (C=O) groups is 1. The Morgan fingerprint density at radius 2 is 1.76 bits per heavy atom. The van der Waals surface area contributed by atoms with Crippen LogP contribution in [0.3, 0.4) is 0 Å². The molecular weight excluding hydrogens is 269 g/mol. The molecule has 1 N–H and O–H groups in total. The lowest BCUT2D eigenvalue weighted by molar-refractivity contribution is -0.118. The van der Waals surface area contributed by atoms with Crippen molar-refractivity contribution in [1.82, 2.24) is 0 Å². The van der Waals surface area contributed by atoms with Crippen molar-refractivity contribution >= 4 is 11.6 Å². The number of rotatable bonds is 4. The Hall–Kier alpha value is -2.36. The fraction of sp³-hybridized carbons (Fsp3) is 0.235. The topological polar surface area (TPSA) is 38.3 Å². The van der Waals surface area contributed by atoms with Gasteiger partial charge in [-0.1, -0.05) is 24.3 Å². The SMILES string of the molecule is Cc1ccc(NC(=O)COc2c(C)cccc2C)cc1F. The minimum Gasteiger partial charge on any atom is -0.483 e. The second-order valence-electron chi connectivity index (χ2n) is 5.02. The van der Waals surface area contributed by atoms with Crippen molar-refractivity contribution < 1.29 is 13.9 Å². The zero-order chi connectivity index (χ0) is 15.4. The van der Waals surface area contributed by atoms with E-state index < -0.39 is 0 Å². The number of halogens is 1. The maximum absolute atomic E-state index is 13.4. The molecule has 0 aliphatic heterocycles.